The van der Waals surface area contributed by atoms with Crippen molar-refractivity contribution in [2.45, 2.75) is 108 Å². The van der Waals surface area contributed by atoms with Crippen molar-refractivity contribution in [3.05, 3.63) is 215 Å². The number of rotatable bonds is 9. The van der Waals surface area contributed by atoms with E-state index in [-0.39, 0.29) is 12.2 Å². The molecule has 0 saturated carbocycles. The molecule has 3 aliphatic heterocycles. The van der Waals surface area contributed by atoms with Crippen molar-refractivity contribution in [3.8, 4) is 0 Å². The molecule has 8 atom stereocenters. The first-order valence-corrected chi connectivity index (χ1v) is 22.3. The van der Waals surface area contributed by atoms with Gasteiger partial charge in [0.05, 0.1) is 25.4 Å². The lowest BCUT2D eigenvalue weighted by atomic mass is 9.62. The highest BCUT2D eigenvalue weighted by atomic mass is 16.8. The maximum Gasteiger partial charge on any atom is 0.163 e. The molecule has 3 aliphatic rings. The van der Waals surface area contributed by atoms with E-state index in [2.05, 4.69) is 224 Å². The number of fused-ring (bicyclic) bond motifs is 1. The Bertz CT molecular complexity index is 1960. The van der Waals surface area contributed by atoms with Crippen LogP contribution in [0.25, 0.3) is 0 Å². The summed E-state index contributed by atoms with van der Waals surface area (Å²) in [5, 5.41) is 0. The molecule has 3 heterocycles. The molecule has 318 valence electrons. The molecule has 6 aromatic rings. The molecule has 0 bridgehead atoms. The summed E-state index contributed by atoms with van der Waals surface area (Å²) in [5.41, 5.74) is 6.81. The molecule has 8 unspecified atom stereocenters. The summed E-state index contributed by atoms with van der Waals surface area (Å²) in [6, 6.07) is 64.3. The Kier molecular flexibility index (Phi) is 14.1. The Labute approximate surface area is 366 Å². The molecule has 6 aromatic carbocycles. The molecule has 3 fully saturated rings. The Balaban J connectivity index is 0.000000175. The van der Waals surface area contributed by atoms with Crippen LogP contribution in [0.5, 0.6) is 0 Å². The minimum absolute atomic E-state index is 0.243. The number of hydrogen-bond donors (Lipinski definition) is 0. The molecule has 0 radical (unpaired) electrons. The van der Waals surface area contributed by atoms with E-state index in [0.29, 0.717) is 35.9 Å². The number of ether oxygens (including phenoxy) is 4. The van der Waals surface area contributed by atoms with Gasteiger partial charge in [0.2, 0.25) is 0 Å². The zero-order chi connectivity index (χ0) is 43.0. The van der Waals surface area contributed by atoms with Crippen LogP contribution in [-0.4, -0.2) is 43.4 Å². The van der Waals surface area contributed by atoms with Crippen LogP contribution in [0.15, 0.2) is 182 Å². The van der Waals surface area contributed by atoms with E-state index in [9.17, 15) is 0 Å². The number of benzene rings is 6. The fraction of sp³-hybridized carbons (Fsp3) is 0.368. The van der Waals surface area contributed by atoms with Crippen LogP contribution in [0, 0.1) is 11.8 Å². The topological polar surface area (TPSA) is 36.9 Å². The summed E-state index contributed by atoms with van der Waals surface area (Å²) in [6.07, 6.45) is 0.311. The fourth-order valence-electron chi connectivity index (χ4n) is 9.70. The maximum atomic E-state index is 6.90. The van der Waals surface area contributed by atoms with Gasteiger partial charge in [0, 0.05) is 22.7 Å². The predicted octanol–water partition coefficient (Wildman–Crippen LogP) is 13.2. The Morgan fingerprint density at radius 3 is 0.934 bits per heavy atom. The standard InChI is InChI=1S/C33H34O2.C16H18.C8H14O2/c1-31(2)34-29(32(3,25-17-9-5-10-18-25)26-19-11-6-12-20-26)30(35-31)33(4,27-21-13-7-14-22-27)28-23-15-8-16-24-28;1-13(15-9-5-3-6-10-15)14(2)16-11-7-4-8-12-16;1-5-3-9-8-6(2)4-10-7(5)8/h5-24,29-30H,1-4H3;3-14H,1-2H3;5-8H,3-4H2,1-2H3. The van der Waals surface area contributed by atoms with Gasteiger partial charge in [-0.2, -0.15) is 0 Å². The van der Waals surface area contributed by atoms with Crippen molar-refractivity contribution >= 4 is 0 Å². The zero-order valence-corrected chi connectivity index (χ0v) is 37.5. The Morgan fingerprint density at radius 2 is 0.672 bits per heavy atom. The van der Waals surface area contributed by atoms with E-state index in [1.807, 2.05) is 13.8 Å². The largest absolute Gasteiger partial charge is 0.375 e. The second kappa shape index (κ2) is 19.5. The van der Waals surface area contributed by atoms with Gasteiger partial charge in [-0.25, -0.2) is 0 Å². The third-order valence-corrected chi connectivity index (χ3v) is 13.7. The minimum atomic E-state index is -0.731. The van der Waals surface area contributed by atoms with E-state index in [1.54, 1.807) is 0 Å². The fourth-order valence-corrected chi connectivity index (χ4v) is 9.70. The second-order valence-corrected chi connectivity index (χ2v) is 18.3. The normalized spacial score (nSPS) is 24.0. The van der Waals surface area contributed by atoms with Gasteiger partial charge in [-0.05, 0) is 72.9 Å². The first-order chi connectivity index (χ1) is 29.4. The lowest BCUT2D eigenvalue weighted by Gasteiger charge is -2.44. The van der Waals surface area contributed by atoms with Gasteiger partial charge in [-0.15, -0.1) is 0 Å². The molecular formula is C57H66O4. The van der Waals surface area contributed by atoms with E-state index in [0.717, 1.165) is 13.2 Å². The van der Waals surface area contributed by atoms with Crippen LogP contribution in [0.4, 0.5) is 0 Å². The molecule has 61 heavy (non-hydrogen) atoms. The van der Waals surface area contributed by atoms with Crippen LogP contribution in [-0.2, 0) is 29.8 Å². The molecule has 0 N–H and O–H groups in total. The van der Waals surface area contributed by atoms with Crippen LogP contribution in [0.3, 0.4) is 0 Å². The second-order valence-electron chi connectivity index (χ2n) is 18.3. The third-order valence-electron chi connectivity index (χ3n) is 13.7. The minimum Gasteiger partial charge on any atom is -0.375 e. The van der Waals surface area contributed by atoms with Crippen molar-refractivity contribution < 1.29 is 18.9 Å². The highest BCUT2D eigenvalue weighted by Crippen LogP contribution is 2.52. The first kappa shape index (κ1) is 44.2. The molecule has 0 amide bonds. The first-order valence-electron chi connectivity index (χ1n) is 22.3. The Hall–Kier alpha value is -4.84. The quantitative estimate of drug-likeness (QED) is 0.146. The molecule has 3 saturated heterocycles. The summed E-state index contributed by atoms with van der Waals surface area (Å²) < 4.78 is 25.0. The van der Waals surface area contributed by atoms with Crippen LogP contribution in [0.1, 0.15) is 101 Å². The summed E-state index contributed by atoms with van der Waals surface area (Å²) in [5.74, 6) is 1.60. The zero-order valence-electron chi connectivity index (χ0n) is 37.5. The van der Waals surface area contributed by atoms with Gasteiger partial charge >= 0.3 is 0 Å². The van der Waals surface area contributed by atoms with Crippen molar-refractivity contribution in [2.24, 2.45) is 11.8 Å². The highest BCUT2D eigenvalue weighted by molar-refractivity contribution is 5.46. The highest BCUT2D eigenvalue weighted by Gasteiger charge is 2.58. The number of hydrogen-bond acceptors (Lipinski definition) is 4. The van der Waals surface area contributed by atoms with Crippen molar-refractivity contribution in [1.29, 1.82) is 0 Å². The third kappa shape index (κ3) is 9.64. The summed E-state index contributed by atoms with van der Waals surface area (Å²) in [6.45, 7) is 19.4. The Morgan fingerprint density at radius 1 is 0.426 bits per heavy atom. The van der Waals surface area contributed by atoms with Crippen molar-refractivity contribution in [3.63, 3.8) is 0 Å². The molecule has 0 aliphatic carbocycles. The van der Waals surface area contributed by atoms with E-state index >= 15 is 0 Å². The van der Waals surface area contributed by atoms with Crippen LogP contribution >= 0.6 is 0 Å². The van der Waals surface area contributed by atoms with Gasteiger partial charge in [-0.1, -0.05) is 210 Å². The summed E-state index contributed by atoms with van der Waals surface area (Å²) >= 11 is 0. The monoisotopic (exact) mass is 814 g/mol. The van der Waals surface area contributed by atoms with Gasteiger partial charge in [0.1, 0.15) is 12.2 Å². The van der Waals surface area contributed by atoms with Gasteiger partial charge in [-0.3, -0.25) is 0 Å². The SMILES string of the molecule is CC(c1ccccc1)C(C)c1ccccc1.CC1(C)OC(C(C)(c2ccccc2)c2ccccc2)C(C(C)(c2ccccc2)c2ccccc2)O1.CC1COC2C(C)COC12. The molecular weight excluding hydrogens is 749 g/mol. The lowest BCUT2D eigenvalue weighted by Crippen LogP contribution is -2.52. The van der Waals surface area contributed by atoms with Crippen LogP contribution < -0.4 is 0 Å². The lowest BCUT2D eigenvalue weighted by molar-refractivity contribution is -0.153. The average molecular weight is 815 g/mol. The average Bonchev–Trinajstić information content (AvgIpc) is 4.00. The molecule has 0 spiro atoms. The maximum absolute atomic E-state index is 6.90. The molecule has 4 nitrogen and oxygen atoms in total. The molecule has 4 heteroatoms. The van der Waals surface area contributed by atoms with E-state index in [4.69, 9.17) is 18.9 Å². The summed E-state index contributed by atoms with van der Waals surface area (Å²) in [4.78, 5) is 0. The van der Waals surface area contributed by atoms with Gasteiger partial charge in [0.25, 0.3) is 0 Å². The van der Waals surface area contributed by atoms with Crippen molar-refractivity contribution in [1.82, 2.24) is 0 Å². The van der Waals surface area contributed by atoms with E-state index < -0.39 is 16.6 Å². The summed E-state index contributed by atoms with van der Waals surface area (Å²) in [7, 11) is 0. The van der Waals surface area contributed by atoms with E-state index in [1.165, 1.54) is 33.4 Å². The van der Waals surface area contributed by atoms with Gasteiger partial charge < -0.3 is 18.9 Å². The molecule has 0 aromatic heterocycles. The van der Waals surface area contributed by atoms with Crippen molar-refractivity contribution in [2.75, 3.05) is 13.2 Å². The smallest absolute Gasteiger partial charge is 0.163 e. The van der Waals surface area contributed by atoms with Crippen LogP contribution in [0.2, 0.25) is 0 Å². The predicted molar refractivity (Wildman–Crippen MR) is 250 cm³/mol. The molecule has 9 rings (SSSR count). The van der Waals surface area contributed by atoms with Gasteiger partial charge in [0.15, 0.2) is 5.79 Å².